The van der Waals surface area contributed by atoms with Crippen molar-refractivity contribution in [1.82, 2.24) is 18.5 Å². The molecule has 0 saturated heterocycles. The lowest BCUT2D eigenvalue weighted by atomic mass is 9.90. The van der Waals surface area contributed by atoms with Crippen molar-refractivity contribution in [2.45, 2.75) is 48.6 Å². The van der Waals surface area contributed by atoms with Crippen LogP contribution in [0.2, 0.25) is 0 Å². The van der Waals surface area contributed by atoms with Crippen LogP contribution in [-0.4, -0.2) is 77.3 Å². The molecule has 0 saturated carbocycles. The third kappa shape index (κ3) is 8.24. The van der Waals surface area contributed by atoms with Crippen LogP contribution in [0, 0.1) is 20.2 Å². The molecular weight excluding hydrogens is 821 g/mol. The van der Waals surface area contributed by atoms with Crippen molar-refractivity contribution in [3.05, 3.63) is 159 Å². The van der Waals surface area contributed by atoms with Gasteiger partial charge < -0.3 is 4.90 Å². The molecule has 8 rings (SSSR count). The molecule has 1 amide bonds. The maximum absolute atomic E-state index is 14.3. The van der Waals surface area contributed by atoms with Gasteiger partial charge >= 0.3 is 0 Å². The molecule has 1 aromatic heterocycles. The van der Waals surface area contributed by atoms with E-state index in [0.29, 0.717) is 12.8 Å². The minimum absolute atomic E-state index is 0.0187. The summed E-state index contributed by atoms with van der Waals surface area (Å²) in [7, 11) is -9.04. The van der Waals surface area contributed by atoms with Gasteiger partial charge in [0.2, 0.25) is 26.0 Å². The molecule has 1 aliphatic rings. The number of sulfonamides is 2. The molecule has 0 radical (unpaired) electrons. The number of nitrogens with zero attached hydrogens (tertiary/aromatic N) is 6. The van der Waals surface area contributed by atoms with Crippen LogP contribution < -0.4 is 0 Å². The minimum atomic E-state index is -4.55. The molecule has 0 spiro atoms. The van der Waals surface area contributed by atoms with Crippen LogP contribution in [0.4, 0.5) is 11.4 Å². The number of hydrogen-bond acceptors (Lipinski definition) is 10. The quantitative estimate of drug-likeness (QED) is 0.0758. The Labute approximate surface area is 351 Å². The molecule has 0 unspecified atom stereocenters. The summed E-state index contributed by atoms with van der Waals surface area (Å²) < 4.78 is 59.1. The first kappa shape index (κ1) is 41.3. The van der Waals surface area contributed by atoms with E-state index in [4.69, 9.17) is 0 Å². The number of rotatable bonds is 10. The van der Waals surface area contributed by atoms with Crippen LogP contribution in [0.25, 0.3) is 32.3 Å². The lowest BCUT2D eigenvalue weighted by Gasteiger charge is -2.28. The van der Waals surface area contributed by atoms with Crippen molar-refractivity contribution in [2.75, 3.05) is 26.2 Å². The summed E-state index contributed by atoms with van der Waals surface area (Å²) in [5.41, 5.74) is 0.331. The second kappa shape index (κ2) is 16.9. The number of fused-ring (bicyclic) bond motifs is 2. The van der Waals surface area contributed by atoms with Gasteiger partial charge in [0.15, 0.2) is 9.79 Å². The predicted octanol–water partition coefficient (Wildman–Crippen LogP) is 7.43. The molecule has 17 heteroatoms. The smallest absolute Gasteiger partial charge is 0.289 e. The number of pyridine rings is 1. The van der Waals surface area contributed by atoms with Gasteiger partial charge in [0.05, 0.1) is 34.3 Å². The molecule has 61 heavy (non-hydrogen) atoms. The fraction of sp³-hybridized carbons (Fsp3) is 0.227. The number of benzene rings is 6. The molecule has 6 aromatic carbocycles. The predicted molar refractivity (Wildman–Crippen MR) is 230 cm³/mol. The minimum Gasteiger partial charge on any atom is -0.341 e. The van der Waals surface area contributed by atoms with Gasteiger partial charge in [-0.2, -0.15) is 8.61 Å². The topological polar surface area (TPSA) is 194 Å². The Balaban J connectivity index is 1.11. The Morgan fingerprint density at radius 1 is 0.590 bits per heavy atom. The van der Waals surface area contributed by atoms with E-state index in [1.165, 1.54) is 46.0 Å². The molecule has 1 aliphatic heterocycles. The summed E-state index contributed by atoms with van der Waals surface area (Å²) in [6, 6.07) is 33.6. The molecule has 0 aliphatic carbocycles. The van der Waals surface area contributed by atoms with Crippen molar-refractivity contribution >= 4 is 69.6 Å². The van der Waals surface area contributed by atoms with E-state index < -0.39 is 51.1 Å². The summed E-state index contributed by atoms with van der Waals surface area (Å²) in [6.45, 7) is -1.16. The maximum atomic E-state index is 14.3. The second-order valence-electron chi connectivity index (χ2n) is 14.9. The summed E-state index contributed by atoms with van der Waals surface area (Å²) in [4.78, 5) is 41.6. The summed E-state index contributed by atoms with van der Waals surface area (Å²) in [5.74, 6) is -0.289. The molecule has 2 heterocycles. The number of para-hydroxylation sites is 2. The first-order chi connectivity index (χ1) is 29.3. The number of carbonyl (C=O) groups is 1. The van der Waals surface area contributed by atoms with E-state index in [0.717, 1.165) is 53.9 Å². The lowest BCUT2D eigenvalue weighted by molar-refractivity contribution is -0.388. The average molecular weight is 861 g/mol. The first-order valence-corrected chi connectivity index (χ1v) is 22.6. The highest BCUT2D eigenvalue weighted by molar-refractivity contribution is 7.89. The van der Waals surface area contributed by atoms with Crippen molar-refractivity contribution < 1.29 is 31.5 Å². The van der Waals surface area contributed by atoms with Crippen molar-refractivity contribution in [3.63, 3.8) is 0 Å². The van der Waals surface area contributed by atoms with Gasteiger partial charge in [-0.15, -0.1) is 0 Å². The number of hydrogen-bond donors (Lipinski definition) is 0. The van der Waals surface area contributed by atoms with Crippen molar-refractivity contribution in [1.29, 1.82) is 0 Å². The Morgan fingerprint density at radius 3 is 1.72 bits per heavy atom. The third-order valence-electron chi connectivity index (χ3n) is 11.2. The highest BCUT2D eigenvalue weighted by Crippen LogP contribution is 2.36. The van der Waals surface area contributed by atoms with Gasteiger partial charge in [-0.05, 0) is 81.4 Å². The number of nitro groups is 2. The number of amides is 1. The SMILES string of the molecule is O=C(CCCc1ccc2ccc3cccc4ccc1c2c34)N1CCCN(S(=O)(=O)c2ccccc2[N+](=O)[O-])Cc2cccc(n2)CN(S(=O)(=O)c2ccccc2[N+](=O)[O-])CC1. The highest BCUT2D eigenvalue weighted by Gasteiger charge is 2.35. The zero-order valence-corrected chi connectivity index (χ0v) is 34.4. The molecular formula is C44H40N6O9S2. The van der Waals surface area contributed by atoms with Crippen LogP contribution in [-0.2, 0) is 44.4 Å². The molecule has 7 aromatic rings. The van der Waals surface area contributed by atoms with Crippen LogP contribution in [0.3, 0.4) is 0 Å². The van der Waals surface area contributed by atoms with E-state index in [1.807, 2.05) is 6.07 Å². The summed E-state index contributed by atoms with van der Waals surface area (Å²) in [5, 5.41) is 30.8. The van der Waals surface area contributed by atoms with Gasteiger partial charge in [-0.3, -0.25) is 30.0 Å². The fourth-order valence-electron chi connectivity index (χ4n) is 8.20. The highest BCUT2D eigenvalue weighted by atomic mass is 32.2. The van der Waals surface area contributed by atoms with Gasteiger partial charge in [0, 0.05) is 44.7 Å². The molecule has 2 bridgehead atoms. The van der Waals surface area contributed by atoms with Crippen molar-refractivity contribution in [3.8, 4) is 0 Å². The zero-order chi connectivity index (χ0) is 42.9. The molecule has 15 nitrogen and oxygen atoms in total. The van der Waals surface area contributed by atoms with Crippen LogP contribution in [0.5, 0.6) is 0 Å². The molecule has 312 valence electrons. The Hall–Kier alpha value is -6.40. The van der Waals surface area contributed by atoms with Gasteiger partial charge in [0.1, 0.15) is 0 Å². The molecule has 0 atom stereocenters. The number of carbonyl (C=O) groups excluding carboxylic acids is 1. The largest absolute Gasteiger partial charge is 0.341 e. The van der Waals surface area contributed by atoms with Crippen LogP contribution >= 0.6 is 0 Å². The fourth-order valence-corrected chi connectivity index (χ4v) is 11.4. The van der Waals surface area contributed by atoms with Gasteiger partial charge in [-0.25, -0.2) is 16.8 Å². The van der Waals surface area contributed by atoms with Gasteiger partial charge in [-0.1, -0.05) is 84.9 Å². The number of aromatic nitrogens is 1. The Morgan fingerprint density at radius 2 is 1.11 bits per heavy atom. The Kier molecular flexibility index (Phi) is 11.5. The first-order valence-electron chi connectivity index (χ1n) is 19.7. The van der Waals surface area contributed by atoms with E-state index in [1.54, 1.807) is 18.2 Å². The second-order valence-corrected chi connectivity index (χ2v) is 18.7. The normalized spacial score (nSPS) is 15.0. The third-order valence-corrected chi connectivity index (χ3v) is 14.9. The van der Waals surface area contributed by atoms with Gasteiger partial charge in [0.25, 0.3) is 11.4 Å². The molecule has 0 fully saturated rings. The van der Waals surface area contributed by atoms with E-state index in [9.17, 15) is 41.9 Å². The maximum Gasteiger partial charge on any atom is 0.289 e. The number of nitro benzene ring substituents is 2. The van der Waals surface area contributed by atoms with E-state index >= 15 is 0 Å². The number of aryl methyl sites for hydroxylation is 1. The summed E-state index contributed by atoms with van der Waals surface area (Å²) in [6.07, 6.45) is 1.23. The lowest BCUT2D eigenvalue weighted by Crippen LogP contribution is -2.42. The Bertz CT molecular complexity index is 3040. The van der Waals surface area contributed by atoms with Crippen LogP contribution in [0.15, 0.2) is 131 Å². The standard InChI is InChI=1S/C44H40N6O9S2/c51-42(18-6-9-31-19-20-34-22-21-32-10-5-11-33-23-24-37(31)44(34)43(32)33)46-25-8-26-47(60(56,57)40-16-3-1-14-38(40)49(52)53)29-35-12-7-13-36(45-35)30-48(28-27-46)61(58,59)41-17-4-2-15-39(41)50(54)55/h1-5,7,10-17,19-24H,6,8-9,18,25-30H2. The average Bonchev–Trinajstić information content (AvgIpc) is 3.27. The summed E-state index contributed by atoms with van der Waals surface area (Å²) >= 11 is 0. The van der Waals surface area contributed by atoms with E-state index in [2.05, 4.69) is 53.5 Å². The van der Waals surface area contributed by atoms with Crippen molar-refractivity contribution in [2.24, 2.45) is 0 Å². The zero-order valence-electron chi connectivity index (χ0n) is 32.8. The van der Waals surface area contributed by atoms with Crippen LogP contribution in [0.1, 0.15) is 36.2 Å². The van der Waals surface area contributed by atoms with E-state index in [-0.39, 0.29) is 69.4 Å². The molecule has 0 N–H and O–H groups in total. The monoisotopic (exact) mass is 860 g/mol.